The maximum atomic E-state index is 9.41. The van der Waals surface area contributed by atoms with Crippen molar-refractivity contribution in [1.82, 2.24) is 0 Å². The first-order chi connectivity index (χ1) is 8.26. The third-order valence-corrected chi connectivity index (χ3v) is 3.39. The molecule has 3 N–H and O–H groups in total. The summed E-state index contributed by atoms with van der Waals surface area (Å²) in [6.07, 6.45) is 3.40. The lowest BCUT2D eigenvalue weighted by molar-refractivity contribution is 0.240. The first kappa shape index (κ1) is 12.0. The van der Waals surface area contributed by atoms with Gasteiger partial charge in [0.25, 0.3) is 0 Å². The number of hydrogen-bond acceptors (Lipinski definition) is 4. The van der Waals surface area contributed by atoms with Crippen LogP contribution in [-0.2, 0) is 0 Å². The van der Waals surface area contributed by atoms with Crippen LogP contribution in [0, 0.1) is 0 Å². The number of rotatable bonds is 3. The molecule has 4 nitrogen and oxygen atoms in total. The molecule has 1 aliphatic heterocycles. The molecule has 94 valence electrons. The van der Waals surface area contributed by atoms with Crippen molar-refractivity contribution in [3.8, 4) is 5.75 Å². The molecule has 2 rings (SSSR count). The highest BCUT2D eigenvalue weighted by molar-refractivity contribution is 5.62. The smallest absolute Gasteiger partial charge is 0.143 e. The van der Waals surface area contributed by atoms with Crippen LogP contribution in [-0.4, -0.2) is 31.4 Å². The van der Waals surface area contributed by atoms with Gasteiger partial charge >= 0.3 is 0 Å². The van der Waals surface area contributed by atoms with E-state index in [1.54, 1.807) is 7.11 Å². The van der Waals surface area contributed by atoms with Crippen LogP contribution in [0.3, 0.4) is 0 Å². The first-order valence-corrected chi connectivity index (χ1v) is 6.07. The van der Waals surface area contributed by atoms with Crippen molar-refractivity contribution in [3.63, 3.8) is 0 Å². The number of nitrogen functional groups attached to an aromatic ring is 1. The Kier molecular flexibility index (Phi) is 3.74. The number of anilines is 2. The zero-order valence-electron chi connectivity index (χ0n) is 10.2. The van der Waals surface area contributed by atoms with Gasteiger partial charge in [-0.3, -0.25) is 0 Å². The molecule has 0 radical (unpaired) electrons. The Balaban J connectivity index is 2.25. The number of aliphatic hydroxyl groups excluding tert-OH is 1. The zero-order valence-corrected chi connectivity index (χ0v) is 10.2. The van der Waals surface area contributed by atoms with E-state index in [9.17, 15) is 5.11 Å². The van der Waals surface area contributed by atoms with Crippen LogP contribution in [0.4, 0.5) is 11.4 Å². The molecule has 0 spiro atoms. The molecule has 0 bridgehead atoms. The van der Waals surface area contributed by atoms with Gasteiger partial charge in [0.05, 0.1) is 25.4 Å². The Morgan fingerprint density at radius 1 is 1.47 bits per heavy atom. The Bertz CT molecular complexity index is 382. The van der Waals surface area contributed by atoms with Crippen LogP contribution in [0.5, 0.6) is 5.75 Å². The van der Waals surface area contributed by atoms with Gasteiger partial charge in [0.1, 0.15) is 5.75 Å². The summed E-state index contributed by atoms with van der Waals surface area (Å²) in [4.78, 5) is 2.24. The highest BCUT2D eigenvalue weighted by atomic mass is 16.5. The molecule has 0 aromatic heterocycles. The Morgan fingerprint density at radius 2 is 2.29 bits per heavy atom. The van der Waals surface area contributed by atoms with Gasteiger partial charge in [0, 0.05) is 18.3 Å². The second kappa shape index (κ2) is 5.27. The van der Waals surface area contributed by atoms with Crippen LogP contribution in [0.15, 0.2) is 18.2 Å². The number of nitrogens with two attached hydrogens (primary N) is 1. The topological polar surface area (TPSA) is 58.7 Å². The van der Waals surface area contributed by atoms with Gasteiger partial charge in [0.15, 0.2) is 0 Å². The van der Waals surface area contributed by atoms with E-state index in [0.717, 1.165) is 18.7 Å². The molecule has 1 saturated heterocycles. The van der Waals surface area contributed by atoms with Gasteiger partial charge in [0.2, 0.25) is 0 Å². The fraction of sp³-hybridized carbons (Fsp3) is 0.538. The number of benzene rings is 1. The van der Waals surface area contributed by atoms with Crippen molar-refractivity contribution in [1.29, 1.82) is 0 Å². The lowest BCUT2D eigenvalue weighted by Gasteiger charge is -2.36. The van der Waals surface area contributed by atoms with E-state index in [1.165, 1.54) is 12.8 Å². The lowest BCUT2D eigenvalue weighted by atomic mass is 10.0. The standard InChI is InChI=1S/C13H20N2O2/c1-17-13-8-10(5-6-12(13)14)15-7-3-2-4-11(15)9-16/h5-6,8,11,16H,2-4,7,9,14H2,1H3. The fourth-order valence-corrected chi connectivity index (χ4v) is 2.41. The lowest BCUT2D eigenvalue weighted by Crippen LogP contribution is -2.41. The van der Waals surface area contributed by atoms with Crippen LogP contribution in [0.1, 0.15) is 19.3 Å². The summed E-state index contributed by atoms with van der Waals surface area (Å²) in [6, 6.07) is 6.02. The molecule has 1 aromatic rings. The molecular formula is C13H20N2O2. The fourth-order valence-electron chi connectivity index (χ4n) is 2.41. The third-order valence-electron chi connectivity index (χ3n) is 3.39. The minimum absolute atomic E-state index is 0.201. The Labute approximate surface area is 102 Å². The SMILES string of the molecule is COc1cc(N2CCCCC2CO)ccc1N. The number of nitrogens with zero attached hydrogens (tertiary/aromatic N) is 1. The third kappa shape index (κ3) is 2.47. The number of methoxy groups -OCH3 is 1. The largest absolute Gasteiger partial charge is 0.495 e. The first-order valence-electron chi connectivity index (χ1n) is 6.07. The summed E-state index contributed by atoms with van der Waals surface area (Å²) in [7, 11) is 1.62. The summed E-state index contributed by atoms with van der Waals surface area (Å²) < 4.78 is 5.23. The normalized spacial score (nSPS) is 20.4. The van der Waals surface area contributed by atoms with Crippen LogP contribution in [0.2, 0.25) is 0 Å². The molecule has 1 heterocycles. The van der Waals surface area contributed by atoms with E-state index in [0.29, 0.717) is 11.4 Å². The van der Waals surface area contributed by atoms with Crippen LogP contribution in [0.25, 0.3) is 0 Å². The van der Waals surface area contributed by atoms with Gasteiger partial charge < -0.3 is 20.5 Å². The maximum Gasteiger partial charge on any atom is 0.143 e. The molecule has 1 fully saturated rings. The van der Waals surface area contributed by atoms with E-state index in [1.807, 2.05) is 18.2 Å². The number of aliphatic hydroxyl groups is 1. The highest BCUT2D eigenvalue weighted by Gasteiger charge is 2.22. The van der Waals surface area contributed by atoms with E-state index in [-0.39, 0.29) is 12.6 Å². The predicted molar refractivity (Wildman–Crippen MR) is 69.5 cm³/mol. The number of piperidine rings is 1. The minimum atomic E-state index is 0.201. The molecule has 0 saturated carbocycles. The molecule has 17 heavy (non-hydrogen) atoms. The molecule has 1 aliphatic rings. The van der Waals surface area contributed by atoms with E-state index in [2.05, 4.69) is 4.90 Å². The summed E-state index contributed by atoms with van der Waals surface area (Å²) in [5.74, 6) is 0.699. The molecular weight excluding hydrogens is 216 g/mol. The number of ether oxygens (including phenoxy) is 1. The van der Waals surface area contributed by atoms with Gasteiger partial charge in [-0.1, -0.05) is 0 Å². The highest BCUT2D eigenvalue weighted by Crippen LogP contribution is 2.31. The van der Waals surface area contributed by atoms with E-state index in [4.69, 9.17) is 10.5 Å². The second-order valence-electron chi connectivity index (χ2n) is 4.45. The summed E-state index contributed by atoms with van der Waals surface area (Å²) >= 11 is 0. The van der Waals surface area contributed by atoms with Gasteiger partial charge in [-0.15, -0.1) is 0 Å². The molecule has 1 atom stereocenters. The van der Waals surface area contributed by atoms with Crippen molar-refractivity contribution in [2.75, 3.05) is 30.9 Å². The Hall–Kier alpha value is -1.42. The van der Waals surface area contributed by atoms with Gasteiger partial charge in [-0.25, -0.2) is 0 Å². The zero-order chi connectivity index (χ0) is 12.3. The van der Waals surface area contributed by atoms with Crippen molar-refractivity contribution in [3.05, 3.63) is 18.2 Å². The summed E-state index contributed by atoms with van der Waals surface area (Å²) in [5, 5.41) is 9.41. The number of hydrogen-bond donors (Lipinski definition) is 2. The van der Waals surface area contributed by atoms with Crippen molar-refractivity contribution in [2.45, 2.75) is 25.3 Å². The molecule has 4 heteroatoms. The van der Waals surface area contributed by atoms with Crippen molar-refractivity contribution in [2.24, 2.45) is 0 Å². The average molecular weight is 236 g/mol. The second-order valence-corrected chi connectivity index (χ2v) is 4.45. The quantitative estimate of drug-likeness (QED) is 0.783. The molecule has 1 aromatic carbocycles. The minimum Gasteiger partial charge on any atom is -0.495 e. The maximum absolute atomic E-state index is 9.41. The van der Waals surface area contributed by atoms with Gasteiger partial charge in [-0.2, -0.15) is 0 Å². The molecule has 1 unspecified atom stereocenters. The van der Waals surface area contributed by atoms with Gasteiger partial charge in [-0.05, 0) is 31.4 Å². The van der Waals surface area contributed by atoms with E-state index >= 15 is 0 Å². The molecule has 0 amide bonds. The Morgan fingerprint density at radius 3 is 3.00 bits per heavy atom. The molecule has 0 aliphatic carbocycles. The van der Waals surface area contributed by atoms with Crippen LogP contribution < -0.4 is 15.4 Å². The van der Waals surface area contributed by atoms with Crippen molar-refractivity contribution >= 4 is 11.4 Å². The van der Waals surface area contributed by atoms with Crippen molar-refractivity contribution < 1.29 is 9.84 Å². The van der Waals surface area contributed by atoms with E-state index < -0.39 is 0 Å². The average Bonchev–Trinajstić information content (AvgIpc) is 2.39. The summed E-state index contributed by atoms with van der Waals surface area (Å²) in [6.45, 7) is 1.19. The van der Waals surface area contributed by atoms with Crippen LogP contribution >= 0.6 is 0 Å². The summed E-state index contributed by atoms with van der Waals surface area (Å²) in [5.41, 5.74) is 7.53. The predicted octanol–water partition coefficient (Wildman–Crippen LogP) is 1.63. The monoisotopic (exact) mass is 236 g/mol.